The van der Waals surface area contributed by atoms with Crippen LogP contribution in [0.2, 0.25) is 5.02 Å². The molecule has 76 valence electrons. The maximum Gasteiger partial charge on any atom is 0.0406 e. The van der Waals surface area contributed by atoms with E-state index in [0.717, 1.165) is 18.1 Å². The van der Waals surface area contributed by atoms with Crippen molar-refractivity contribution in [2.45, 2.75) is 13.3 Å². The minimum absolute atomic E-state index is 0.784. The van der Waals surface area contributed by atoms with Gasteiger partial charge < -0.3 is 5.32 Å². The van der Waals surface area contributed by atoms with Crippen molar-refractivity contribution in [3.8, 4) is 0 Å². The van der Waals surface area contributed by atoms with Crippen LogP contribution in [0.4, 0.5) is 0 Å². The lowest BCUT2D eigenvalue weighted by Gasteiger charge is -1.96. The molecule has 0 heterocycles. The lowest BCUT2D eigenvalue weighted by atomic mass is 10.2. The Morgan fingerprint density at radius 1 is 1.29 bits per heavy atom. The summed E-state index contributed by atoms with van der Waals surface area (Å²) in [4.78, 5) is 0. The summed E-state index contributed by atoms with van der Waals surface area (Å²) < 4.78 is 0. The van der Waals surface area contributed by atoms with Crippen LogP contribution in [0.5, 0.6) is 0 Å². The van der Waals surface area contributed by atoms with E-state index < -0.39 is 0 Å². The Bertz CT molecular complexity index is 277. The number of halogens is 1. The van der Waals surface area contributed by atoms with Crippen LogP contribution in [0.1, 0.15) is 18.9 Å². The van der Waals surface area contributed by atoms with Crippen LogP contribution >= 0.6 is 11.6 Å². The van der Waals surface area contributed by atoms with Gasteiger partial charge in [-0.25, -0.2) is 0 Å². The molecule has 0 saturated heterocycles. The van der Waals surface area contributed by atoms with Crippen LogP contribution in [-0.2, 0) is 0 Å². The van der Waals surface area contributed by atoms with E-state index in [1.165, 1.54) is 12.0 Å². The summed E-state index contributed by atoms with van der Waals surface area (Å²) >= 11 is 5.78. The molecule has 0 aliphatic rings. The van der Waals surface area contributed by atoms with Gasteiger partial charge >= 0.3 is 0 Å². The van der Waals surface area contributed by atoms with Gasteiger partial charge in [-0.2, -0.15) is 0 Å². The molecule has 0 aliphatic heterocycles. The fourth-order valence-corrected chi connectivity index (χ4v) is 1.26. The highest BCUT2D eigenvalue weighted by Crippen LogP contribution is 2.10. The molecular weight excluding hydrogens is 194 g/mol. The van der Waals surface area contributed by atoms with Gasteiger partial charge in [0.1, 0.15) is 0 Å². The Kier molecular flexibility index (Phi) is 5.35. The highest BCUT2D eigenvalue weighted by molar-refractivity contribution is 6.30. The van der Waals surface area contributed by atoms with E-state index >= 15 is 0 Å². The Hall–Kier alpha value is -0.790. The maximum absolute atomic E-state index is 5.78. The maximum atomic E-state index is 5.78. The Morgan fingerprint density at radius 3 is 2.64 bits per heavy atom. The van der Waals surface area contributed by atoms with Gasteiger partial charge in [-0.3, -0.25) is 0 Å². The van der Waals surface area contributed by atoms with Crippen molar-refractivity contribution in [2.24, 2.45) is 0 Å². The van der Waals surface area contributed by atoms with E-state index in [4.69, 9.17) is 11.6 Å². The number of benzene rings is 1. The second-order valence-electron chi connectivity index (χ2n) is 3.16. The van der Waals surface area contributed by atoms with E-state index in [0.29, 0.717) is 0 Å². The van der Waals surface area contributed by atoms with Crippen LogP contribution in [0, 0.1) is 0 Å². The summed E-state index contributed by atoms with van der Waals surface area (Å²) in [5.41, 5.74) is 1.19. The standard InChI is InChI=1S/C12H16ClN/c1-2-9-14-10-3-4-11-5-7-12(13)8-6-11/h3-8,14H,2,9-10H2,1H3. The molecule has 0 spiro atoms. The molecule has 1 nitrogen and oxygen atoms in total. The molecule has 0 aromatic heterocycles. The largest absolute Gasteiger partial charge is 0.313 e. The van der Waals surface area contributed by atoms with Crippen LogP contribution in [0.25, 0.3) is 6.08 Å². The minimum Gasteiger partial charge on any atom is -0.313 e. The molecule has 14 heavy (non-hydrogen) atoms. The predicted octanol–water partition coefficient (Wildman–Crippen LogP) is 3.35. The number of nitrogens with one attached hydrogen (secondary N) is 1. The Morgan fingerprint density at radius 2 is 2.00 bits per heavy atom. The van der Waals surface area contributed by atoms with Gasteiger partial charge in [-0.05, 0) is 30.7 Å². The SMILES string of the molecule is CCCNCC=Cc1ccc(Cl)cc1. The van der Waals surface area contributed by atoms with E-state index in [2.05, 4.69) is 24.4 Å². The van der Waals surface area contributed by atoms with Crippen LogP contribution in [-0.4, -0.2) is 13.1 Å². The van der Waals surface area contributed by atoms with Crippen molar-refractivity contribution in [1.29, 1.82) is 0 Å². The quantitative estimate of drug-likeness (QED) is 0.734. The van der Waals surface area contributed by atoms with E-state index in [9.17, 15) is 0 Å². The van der Waals surface area contributed by atoms with Crippen molar-refractivity contribution >= 4 is 17.7 Å². The zero-order chi connectivity index (χ0) is 10.2. The molecule has 0 radical (unpaired) electrons. The first-order chi connectivity index (χ1) is 6.83. The van der Waals surface area contributed by atoms with Gasteiger partial charge in [0.05, 0.1) is 0 Å². The van der Waals surface area contributed by atoms with Gasteiger partial charge in [0.25, 0.3) is 0 Å². The van der Waals surface area contributed by atoms with Gasteiger partial charge in [0.2, 0.25) is 0 Å². The average Bonchev–Trinajstić information content (AvgIpc) is 2.21. The van der Waals surface area contributed by atoms with Crippen molar-refractivity contribution in [3.63, 3.8) is 0 Å². The molecule has 0 saturated carbocycles. The molecule has 0 bridgehead atoms. The fraction of sp³-hybridized carbons (Fsp3) is 0.333. The van der Waals surface area contributed by atoms with E-state index in [-0.39, 0.29) is 0 Å². The molecule has 2 heteroatoms. The highest BCUT2D eigenvalue weighted by atomic mass is 35.5. The van der Waals surface area contributed by atoms with Gasteiger partial charge in [0.15, 0.2) is 0 Å². The first-order valence-corrected chi connectivity index (χ1v) is 5.33. The number of rotatable bonds is 5. The van der Waals surface area contributed by atoms with E-state index in [1.807, 2.05) is 24.3 Å². The smallest absolute Gasteiger partial charge is 0.0406 e. The molecule has 0 fully saturated rings. The van der Waals surface area contributed by atoms with Crippen molar-refractivity contribution < 1.29 is 0 Å². The third-order valence-corrected chi connectivity index (χ3v) is 2.12. The average molecular weight is 210 g/mol. The topological polar surface area (TPSA) is 12.0 Å². The monoisotopic (exact) mass is 209 g/mol. The second kappa shape index (κ2) is 6.63. The Balaban J connectivity index is 2.33. The van der Waals surface area contributed by atoms with Gasteiger partial charge in [-0.1, -0.05) is 42.8 Å². The summed E-state index contributed by atoms with van der Waals surface area (Å²) in [7, 11) is 0. The van der Waals surface area contributed by atoms with Crippen LogP contribution in [0.3, 0.4) is 0 Å². The zero-order valence-electron chi connectivity index (χ0n) is 8.46. The third kappa shape index (κ3) is 4.45. The second-order valence-corrected chi connectivity index (χ2v) is 3.59. The third-order valence-electron chi connectivity index (χ3n) is 1.87. The Labute approximate surface area is 90.8 Å². The lowest BCUT2D eigenvalue weighted by molar-refractivity contribution is 0.730. The highest BCUT2D eigenvalue weighted by Gasteiger charge is 1.86. The molecule has 1 N–H and O–H groups in total. The summed E-state index contributed by atoms with van der Waals surface area (Å²) in [5, 5.41) is 4.09. The van der Waals surface area contributed by atoms with Crippen molar-refractivity contribution in [2.75, 3.05) is 13.1 Å². The number of hydrogen-bond donors (Lipinski definition) is 1. The van der Waals surface area contributed by atoms with Crippen molar-refractivity contribution in [1.82, 2.24) is 5.32 Å². The number of hydrogen-bond acceptors (Lipinski definition) is 1. The van der Waals surface area contributed by atoms with E-state index in [1.54, 1.807) is 0 Å². The molecule has 0 aliphatic carbocycles. The molecule has 0 unspecified atom stereocenters. The van der Waals surface area contributed by atoms with Gasteiger partial charge in [0, 0.05) is 11.6 Å². The zero-order valence-corrected chi connectivity index (χ0v) is 9.22. The molecule has 0 atom stereocenters. The molecule has 0 amide bonds. The summed E-state index contributed by atoms with van der Waals surface area (Å²) in [6.07, 6.45) is 5.40. The fourth-order valence-electron chi connectivity index (χ4n) is 1.13. The molecule has 1 aromatic rings. The first kappa shape index (κ1) is 11.3. The molecule has 1 rings (SSSR count). The lowest BCUT2D eigenvalue weighted by Crippen LogP contribution is -2.13. The molecular formula is C12H16ClN. The summed E-state index contributed by atoms with van der Waals surface area (Å²) in [6, 6.07) is 7.83. The summed E-state index contributed by atoms with van der Waals surface area (Å²) in [5.74, 6) is 0. The minimum atomic E-state index is 0.784. The molecule has 1 aromatic carbocycles. The summed E-state index contributed by atoms with van der Waals surface area (Å²) in [6.45, 7) is 4.16. The normalized spacial score (nSPS) is 11.0. The van der Waals surface area contributed by atoms with Gasteiger partial charge in [-0.15, -0.1) is 0 Å². The van der Waals surface area contributed by atoms with Crippen LogP contribution in [0.15, 0.2) is 30.3 Å². The van der Waals surface area contributed by atoms with Crippen molar-refractivity contribution in [3.05, 3.63) is 40.9 Å². The first-order valence-electron chi connectivity index (χ1n) is 4.95. The predicted molar refractivity (Wildman–Crippen MR) is 63.6 cm³/mol. The van der Waals surface area contributed by atoms with Crippen LogP contribution < -0.4 is 5.32 Å².